The average molecular weight is 436 g/mol. The van der Waals surface area contributed by atoms with Crippen LogP contribution in [0.25, 0.3) is 21.9 Å². The second kappa shape index (κ2) is 8.84. The Morgan fingerprint density at radius 3 is 1.97 bits per heavy atom. The van der Waals surface area contributed by atoms with E-state index in [2.05, 4.69) is 11.8 Å². The van der Waals surface area contributed by atoms with Gasteiger partial charge in [0, 0.05) is 11.1 Å². The van der Waals surface area contributed by atoms with Gasteiger partial charge in [-0.2, -0.15) is 0 Å². The smallest absolute Gasteiger partial charge is 0.159 e. The zero-order valence-corrected chi connectivity index (χ0v) is 17.1. The van der Waals surface area contributed by atoms with Gasteiger partial charge in [-0.15, -0.1) is 0 Å². The van der Waals surface area contributed by atoms with Gasteiger partial charge in [-0.3, -0.25) is 0 Å². The summed E-state index contributed by atoms with van der Waals surface area (Å²) >= 11 is 0. The molecule has 0 aliphatic heterocycles. The largest absolute Gasteiger partial charge is 0.206 e. The van der Waals surface area contributed by atoms with Crippen LogP contribution >= 0.6 is 0 Å². The lowest BCUT2D eigenvalue weighted by atomic mass is 9.99. The molecule has 0 saturated heterocycles. The zero-order chi connectivity index (χ0) is 22.8. The minimum atomic E-state index is -0.995. The topological polar surface area (TPSA) is 0 Å². The van der Waals surface area contributed by atoms with Gasteiger partial charge in [0.15, 0.2) is 11.6 Å². The highest BCUT2D eigenvalue weighted by Crippen LogP contribution is 2.28. The van der Waals surface area contributed by atoms with Crippen LogP contribution in [0.5, 0.6) is 0 Å². The van der Waals surface area contributed by atoms with Crippen LogP contribution in [0.1, 0.15) is 30.0 Å². The molecular weight excluding hydrogens is 419 g/mol. The Hall–Kier alpha value is -3.65. The van der Waals surface area contributed by atoms with Crippen molar-refractivity contribution < 1.29 is 22.0 Å². The molecule has 0 unspecified atom stereocenters. The summed E-state index contributed by atoms with van der Waals surface area (Å²) in [6.07, 6.45) is 1.57. The first-order chi connectivity index (χ1) is 15.4. The Labute approximate surface area is 182 Å². The molecule has 5 heteroatoms. The quantitative estimate of drug-likeness (QED) is 0.230. The standard InChI is InChI=1S/C27H17F5/c1-2-3-16-5-8-21(23(28)11-16)20-14-24(29)22(25(30)15-20)9-6-17-4-7-18-12-26(31)27(32)13-19(18)10-17/h4-5,7-8,10-15H,2-3H2,1H3. The molecule has 0 aliphatic carbocycles. The van der Waals surface area contributed by atoms with Crippen molar-refractivity contribution in [1.82, 2.24) is 0 Å². The molecule has 0 aromatic heterocycles. The predicted molar refractivity (Wildman–Crippen MR) is 116 cm³/mol. The molecule has 0 atom stereocenters. The predicted octanol–water partition coefficient (Wildman–Crippen LogP) is 7.55. The third kappa shape index (κ3) is 4.36. The highest BCUT2D eigenvalue weighted by atomic mass is 19.2. The molecule has 0 nitrogen and oxygen atoms in total. The second-order valence-corrected chi connectivity index (χ2v) is 7.46. The molecule has 0 radical (unpaired) electrons. The van der Waals surface area contributed by atoms with E-state index < -0.39 is 34.6 Å². The first kappa shape index (κ1) is 21.6. The van der Waals surface area contributed by atoms with Gasteiger partial charge in [0.2, 0.25) is 0 Å². The first-order valence-corrected chi connectivity index (χ1v) is 10.0. The van der Waals surface area contributed by atoms with Crippen LogP contribution in [0.3, 0.4) is 0 Å². The van der Waals surface area contributed by atoms with E-state index in [0.717, 1.165) is 36.2 Å². The van der Waals surface area contributed by atoms with Crippen molar-refractivity contribution in [2.75, 3.05) is 0 Å². The van der Waals surface area contributed by atoms with Crippen molar-refractivity contribution in [3.05, 3.63) is 106 Å². The van der Waals surface area contributed by atoms with Crippen molar-refractivity contribution in [1.29, 1.82) is 0 Å². The Balaban J connectivity index is 1.68. The van der Waals surface area contributed by atoms with Crippen LogP contribution in [-0.2, 0) is 6.42 Å². The summed E-state index contributed by atoms with van der Waals surface area (Å²) in [7, 11) is 0. The number of benzene rings is 4. The maximum absolute atomic E-state index is 14.6. The molecule has 0 bridgehead atoms. The van der Waals surface area contributed by atoms with Gasteiger partial charge in [0.25, 0.3) is 0 Å². The van der Waals surface area contributed by atoms with Crippen LogP contribution in [-0.4, -0.2) is 0 Å². The molecule has 32 heavy (non-hydrogen) atoms. The minimum absolute atomic E-state index is 0.0781. The van der Waals surface area contributed by atoms with Crippen LogP contribution < -0.4 is 0 Å². The molecule has 0 N–H and O–H groups in total. The number of hydrogen-bond acceptors (Lipinski definition) is 0. The van der Waals surface area contributed by atoms with Crippen molar-refractivity contribution in [2.45, 2.75) is 19.8 Å². The summed E-state index contributed by atoms with van der Waals surface area (Å²) in [4.78, 5) is 0. The normalized spacial score (nSPS) is 10.8. The summed E-state index contributed by atoms with van der Waals surface area (Å²) in [6, 6.07) is 13.4. The maximum atomic E-state index is 14.6. The van der Waals surface area contributed by atoms with Gasteiger partial charge in [-0.25, -0.2) is 22.0 Å². The number of halogens is 5. The highest BCUT2D eigenvalue weighted by Gasteiger charge is 2.14. The van der Waals surface area contributed by atoms with Crippen molar-refractivity contribution >= 4 is 10.8 Å². The van der Waals surface area contributed by atoms with E-state index in [1.54, 1.807) is 18.2 Å². The second-order valence-electron chi connectivity index (χ2n) is 7.46. The Morgan fingerprint density at radius 2 is 1.31 bits per heavy atom. The lowest BCUT2D eigenvalue weighted by Crippen LogP contribution is -1.95. The van der Waals surface area contributed by atoms with Gasteiger partial charge < -0.3 is 0 Å². The van der Waals surface area contributed by atoms with Crippen molar-refractivity contribution in [3.8, 4) is 23.0 Å². The molecule has 160 valence electrons. The van der Waals surface area contributed by atoms with E-state index >= 15 is 0 Å². The Bertz CT molecular complexity index is 1370. The molecule has 0 amide bonds. The third-order valence-electron chi connectivity index (χ3n) is 5.14. The van der Waals surface area contributed by atoms with Crippen LogP contribution in [0.4, 0.5) is 22.0 Å². The Morgan fingerprint density at radius 1 is 0.625 bits per heavy atom. The number of fused-ring (bicyclic) bond motifs is 1. The first-order valence-electron chi connectivity index (χ1n) is 10.0. The van der Waals surface area contributed by atoms with Gasteiger partial charge in [-0.1, -0.05) is 43.4 Å². The summed E-state index contributed by atoms with van der Waals surface area (Å²) < 4.78 is 70.5. The lowest BCUT2D eigenvalue weighted by Gasteiger charge is -2.08. The SMILES string of the molecule is CCCc1ccc(-c2cc(F)c(C#Cc3ccc4cc(F)c(F)cc4c3)c(F)c2)c(F)c1. The van der Waals surface area contributed by atoms with E-state index in [0.29, 0.717) is 22.8 Å². The van der Waals surface area contributed by atoms with E-state index in [1.165, 1.54) is 18.2 Å². The number of hydrogen-bond donors (Lipinski definition) is 0. The molecule has 0 fully saturated rings. The zero-order valence-electron chi connectivity index (χ0n) is 17.1. The maximum Gasteiger partial charge on any atom is 0.159 e. The van der Waals surface area contributed by atoms with E-state index in [4.69, 9.17) is 0 Å². The fourth-order valence-electron chi connectivity index (χ4n) is 3.54. The molecule has 4 rings (SSSR count). The molecular formula is C27H17F5. The summed E-state index contributed by atoms with van der Waals surface area (Å²) in [5.41, 5.74) is 0.918. The highest BCUT2D eigenvalue weighted by molar-refractivity contribution is 5.84. The summed E-state index contributed by atoms with van der Waals surface area (Å²) in [6.45, 7) is 1.98. The fourth-order valence-corrected chi connectivity index (χ4v) is 3.54. The molecule has 0 heterocycles. The third-order valence-corrected chi connectivity index (χ3v) is 5.14. The molecule has 0 aliphatic rings. The van der Waals surface area contributed by atoms with Crippen molar-refractivity contribution in [2.24, 2.45) is 0 Å². The molecule has 0 spiro atoms. The number of rotatable bonds is 3. The lowest BCUT2D eigenvalue weighted by molar-refractivity contribution is 0.511. The number of aryl methyl sites for hydroxylation is 1. The monoisotopic (exact) mass is 436 g/mol. The fraction of sp³-hybridized carbons (Fsp3) is 0.111. The van der Waals surface area contributed by atoms with E-state index in [-0.39, 0.29) is 11.1 Å². The molecule has 4 aromatic carbocycles. The van der Waals surface area contributed by atoms with Crippen LogP contribution in [0.2, 0.25) is 0 Å². The molecule has 4 aromatic rings. The van der Waals surface area contributed by atoms with E-state index in [9.17, 15) is 22.0 Å². The van der Waals surface area contributed by atoms with Gasteiger partial charge in [-0.05, 0) is 70.8 Å². The van der Waals surface area contributed by atoms with Gasteiger partial charge >= 0.3 is 0 Å². The van der Waals surface area contributed by atoms with Crippen molar-refractivity contribution in [3.63, 3.8) is 0 Å². The van der Waals surface area contributed by atoms with Crippen LogP contribution in [0, 0.1) is 40.9 Å². The van der Waals surface area contributed by atoms with Crippen LogP contribution in [0.15, 0.2) is 60.7 Å². The summed E-state index contributed by atoms with van der Waals surface area (Å²) in [5.74, 6) is 0.746. The van der Waals surface area contributed by atoms with Gasteiger partial charge in [0.1, 0.15) is 17.5 Å². The van der Waals surface area contributed by atoms with E-state index in [1.807, 2.05) is 6.92 Å². The Kier molecular flexibility index (Phi) is 5.96. The average Bonchev–Trinajstić information content (AvgIpc) is 2.74. The summed E-state index contributed by atoms with van der Waals surface area (Å²) in [5, 5.41) is 0.886. The minimum Gasteiger partial charge on any atom is -0.206 e. The molecule has 0 saturated carbocycles. The van der Waals surface area contributed by atoms with Gasteiger partial charge in [0.05, 0.1) is 5.56 Å².